The van der Waals surface area contributed by atoms with Gasteiger partial charge in [-0.25, -0.2) is 9.40 Å². The molecule has 0 saturated carbocycles. The average molecular weight is 694 g/mol. The maximum atomic E-state index is 13.7. The highest BCUT2D eigenvalue weighted by atomic mass is 79.9. The third kappa shape index (κ3) is 6.62. The molecule has 222 valence electrons. The number of hydrogen-bond donors (Lipinski definition) is 1. The van der Waals surface area contributed by atoms with Crippen LogP contribution in [0.3, 0.4) is 0 Å². The van der Waals surface area contributed by atoms with Gasteiger partial charge in [0.05, 0.1) is 36.0 Å². The molecule has 0 fully saturated rings. The van der Waals surface area contributed by atoms with Gasteiger partial charge in [-0.15, -0.1) is 10.2 Å². The zero-order chi connectivity index (χ0) is 30.6. The van der Waals surface area contributed by atoms with Crippen LogP contribution in [-0.2, 0) is 11.3 Å². The Kier molecular flexibility index (Phi) is 8.91. The van der Waals surface area contributed by atoms with E-state index in [1.54, 1.807) is 47.0 Å². The number of furan rings is 1. The molecule has 44 heavy (non-hydrogen) atoms. The SMILES string of the molecule is O=C(NCc1nnc(SCC(=O)N2N=C(c3ccc(Br)cc3)CC2c2ccc(F)cc2)n1-c1cccc(Cl)c1)c1ccco1. The molecule has 0 bridgehead atoms. The Morgan fingerprint density at radius 3 is 2.57 bits per heavy atom. The minimum Gasteiger partial charge on any atom is -0.459 e. The molecule has 1 aliphatic heterocycles. The minimum atomic E-state index is -0.402. The Labute approximate surface area is 269 Å². The summed E-state index contributed by atoms with van der Waals surface area (Å²) in [6.07, 6.45) is 1.89. The van der Waals surface area contributed by atoms with Crippen molar-refractivity contribution in [3.8, 4) is 5.69 Å². The van der Waals surface area contributed by atoms with Crippen LogP contribution in [0.15, 0.2) is 110 Å². The molecular weight excluding hydrogens is 671 g/mol. The number of rotatable bonds is 9. The highest BCUT2D eigenvalue weighted by molar-refractivity contribution is 9.10. The minimum absolute atomic E-state index is 0.00767. The fourth-order valence-corrected chi connectivity index (χ4v) is 6.00. The highest BCUT2D eigenvalue weighted by Crippen LogP contribution is 2.34. The average Bonchev–Trinajstić information content (AvgIpc) is 3.80. The van der Waals surface area contributed by atoms with E-state index >= 15 is 0 Å². The normalized spacial score (nSPS) is 14.5. The first-order valence-corrected chi connectivity index (χ1v) is 15.6. The van der Waals surface area contributed by atoms with Gasteiger partial charge in [-0.05, 0) is 65.7 Å². The van der Waals surface area contributed by atoms with Crippen LogP contribution in [0.1, 0.15) is 40.0 Å². The number of hydrazone groups is 1. The molecule has 0 saturated heterocycles. The Hall–Kier alpha value is -4.26. The van der Waals surface area contributed by atoms with Crippen molar-refractivity contribution in [1.29, 1.82) is 0 Å². The first-order valence-electron chi connectivity index (χ1n) is 13.4. The summed E-state index contributed by atoms with van der Waals surface area (Å²) in [6.45, 7) is 0.0488. The molecular formula is C31H23BrClFN6O3S. The maximum absolute atomic E-state index is 13.7. The van der Waals surface area contributed by atoms with Crippen molar-refractivity contribution < 1.29 is 18.4 Å². The van der Waals surface area contributed by atoms with Gasteiger partial charge in [0.25, 0.3) is 11.8 Å². The van der Waals surface area contributed by atoms with Gasteiger partial charge < -0.3 is 9.73 Å². The molecule has 13 heteroatoms. The molecule has 9 nitrogen and oxygen atoms in total. The molecule has 1 unspecified atom stereocenters. The number of amides is 2. The van der Waals surface area contributed by atoms with Crippen LogP contribution in [0.25, 0.3) is 5.69 Å². The van der Waals surface area contributed by atoms with Crippen LogP contribution in [0.5, 0.6) is 0 Å². The van der Waals surface area contributed by atoms with E-state index in [9.17, 15) is 14.0 Å². The number of nitrogens with zero attached hydrogens (tertiary/aromatic N) is 5. The molecule has 2 amide bonds. The second kappa shape index (κ2) is 13.2. The van der Waals surface area contributed by atoms with Gasteiger partial charge in [-0.1, -0.05) is 69.6 Å². The number of benzene rings is 3. The molecule has 3 heterocycles. The second-order valence-corrected chi connectivity index (χ2v) is 12.0. The number of halogens is 3. The van der Waals surface area contributed by atoms with E-state index < -0.39 is 11.9 Å². The summed E-state index contributed by atoms with van der Waals surface area (Å²) < 4.78 is 21.6. The first-order chi connectivity index (χ1) is 21.4. The van der Waals surface area contributed by atoms with Crippen LogP contribution in [0, 0.1) is 5.82 Å². The van der Waals surface area contributed by atoms with E-state index in [0.717, 1.165) is 21.3 Å². The van der Waals surface area contributed by atoms with Crippen molar-refractivity contribution in [2.24, 2.45) is 5.10 Å². The van der Waals surface area contributed by atoms with Gasteiger partial charge in [-0.3, -0.25) is 14.2 Å². The molecule has 2 aromatic heterocycles. The van der Waals surface area contributed by atoms with Gasteiger partial charge in [0.1, 0.15) is 5.82 Å². The Balaban J connectivity index is 1.25. The molecule has 0 spiro atoms. The zero-order valence-electron chi connectivity index (χ0n) is 22.9. The summed E-state index contributed by atoms with van der Waals surface area (Å²) in [7, 11) is 0. The second-order valence-electron chi connectivity index (χ2n) is 9.73. The summed E-state index contributed by atoms with van der Waals surface area (Å²) in [4.78, 5) is 26.2. The Morgan fingerprint density at radius 2 is 1.84 bits per heavy atom. The maximum Gasteiger partial charge on any atom is 0.287 e. The fraction of sp³-hybridized carbons (Fsp3) is 0.129. The summed E-state index contributed by atoms with van der Waals surface area (Å²) in [5.41, 5.74) is 3.09. The Bertz CT molecular complexity index is 1830. The topological polar surface area (TPSA) is 106 Å². The molecule has 1 atom stereocenters. The number of carbonyl (C=O) groups excluding carboxylic acids is 2. The number of aromatic nitrogens is 3. The molecule has 0 aliphatic carbocycles. The van der Waals surface area contributed by atoms with E-state index in [1.807, 2.05) is 30.3 Å². The predicted octanol–water partition coefficient (Wildman–Crippen LogP) is 6.82. The van der Waals surface area contributed by atoms with E-state index in [1.165, 1.54) is 35.2 Å². The van der Waals surface area contributed by atoms with Crippen LogP contribution in [-0.4, -0.2) is 43.1 Å². The summed E-state index contributed by atoms with van der Waals surface area (Å²) in [6, 6.07) is 23.7. The molecule has 0 radical (unpaired) electrons. The monoisotopic (exact) mass is 692 g/mol. The standard InChI is InChI=1S/C31H23BrClFN6O3S/c32-21-10-6-19(7-11-21)25-16-26(20-8-12-23(34)13-9-20)40(38-25)29(41)18-44-31-37-36-28(17-35-30(42)27-5-2-14-43-27)39(31)24-4-1-3-22(33)15-24/h1-15,26H,16-18H2,(H,35,42). The lowest BCUT2D eigenvalue weighted by atomic mass is 9.98. The molecule has 5 aromatic rings. The molecule has 1 aliphatic rings. The lowest BCUT2D eigenvalue weighted by molar-refractivity contribution is -0.130. The van der Waals surface area contributed by atoms with Gasteiger partial charge in [0, 0.05) is 15.9 Å². The van der Waals surface area contributed by atoms with Crippen molar-refractivity contribution in [3.63, 3.8) is 0 Å². The number of nitrogens with one attached hydrogen (secondary N) is 1. The van der Waals surface area contributed by atoms with E-state index in [2.05, 4.69) is 31.4 Å². The smallest absolute Gasteiger partial charge is 0.287 e. The lowest BCUT2D eigenvalue weighted by Crippen LogP contribution is -2.28. The number of carbonyl (C=O) groups is 2. The number of thioether (sulfide) groups is 1. The van der Waals surface area contributed by atoms with Crippen molar-refractivity contribution in [3.05, 3.63) is 129 Å². The zero-order valence-corrected chi connectivity index (χ0v) is 26.0. The van der Waals surface area contributed by atoms with E-state index in [4.69, 9.17) is 21.1 Å². The van der Waals surface area contributed by atoms with E-state index in [-0.39, 0.29) is 29.8 Å². The first kappa shape index (κ1) is 29.8. The Morgan fingerprint density at radius 1 is 1.05 bits per heavy atom. The molecule has 6 rings (SSSR count). The van der Waals surface area contributed by atoms with Crippen molar-refractivity contribution in [2.45, 2.75) is 24.2 Å². The summed E-state index contributed by atoms with van der Waals surface area (Å²) in [5, 5.41) is 18.5. The quantitative estimate of drug-likeness (QED) is 0.170. The van der Waals surface area contributed by atoms with Crippen molar-refractivity contribution >= 4 is 56.8 Å². The third-order valence-electron chi connectivity index (χ3n) is 6.84. The van der Waals surface area contributed by atoms with Gasteiger partial charge in [0.2, 0.25) is 0 Å². The fourth-order valence-electron chi connectivity index (χ4n) is 4.73. The van der Waals surface area contributed by atoms with Gasteiger partial charge >= 0.3 is 0 Å². The highest BCUT2D eigenvalue weighted by Gasteiger charge is 2.33. The summed E-state index contributed by atoms with van der Waals surface area (Å²) in [5.74, 6) is -0.422. The molecule has 3 aromatic carbocycles. The lowest BCUT2D eigenvalue weighted by Gasteiger charge is -2.22. The largest absolute Gasteiger partial charge is 0.459 e. The predicted molar refractivity (Wildman–Crippen MR) is 168 cm³/mol. The van der Waals surface area contributed by atoms with Crippen molar-refractivity contribution in [1.82, 2.24) is 25.1 Å². The van der Waals surface area contributed by atoms with Gasteiger partial charge in [-0.2, -0.15) is 5.10 Å². The van der Waals surface area contributed by atoms with Crippen LogP contribution < -0.4 is 5.32 Å². The third-order valence-corrected chi connectivity index (χ3v) is 8.52. The van der Waals surface area contributed by atoms with E-state index in [0.29, 0.717) is 28.1 Å². The van der Waals surface area contributed by atoms with Crippen LogP contribution in [0.4, 0.5) is 4.39 Å². The van der Waals surface area contributed by atoms with Crippen molar-refractivity contribution in [2.75, 3.05) is 5.75 Å². The van der Waals surface area contributed by atoms with Crippen LogP contribution >= 0.6 is 39.3 Å². The van der Waals surface area contributed by atoms with Crippen LogP contribution in [0.2, 0.25) is 5.02 Å². The summed E-state index contributed by atoms with van der Waals surface area (Å²) >= 11 is 10.9. The molecule has 1 N–H and O–H groups in total. The number of hydrogen-bond acceptors (Lipinski definition) is 7. The van der Waals surface area contributed by atoms with Gasteiger partial charge in [0.15, 0.2) is 16.7 Å².